The van der Waals surface area contributed by atoms with Gasteiger partial charge in [0.15, 0.2) is 5.82 Å². The largest absolute Gasteiger partial charge is 0.334 e. The highest BCUT2D eigenvalue weighted by Gasteiger charge is 2.32. The standard InChI is InChI=1S/C23H27N3O3S/c1-16(2)18-8-10-21(11-9-18)30(27,28)26-14-12-19(13-15-26)22-24-23(29-25-22)20-6-4-17(3)5-7-20/h4-11,16,19H,12-15H2,1-3H3. The minimum absolute atomic E-state index is 0.0997. The van der Waals surface area contributed by atoms with Gasteiger partial charge in [0.1, 0.15) is 0 Å². The monoisotopic (exact) mass is 425 g/mol. The van der Waals surface area contributed by atoms with Crippen molar-refractivity contribution in [1.29, 1.82) is 0 Å². The summed E-state index contributed by atoms with van der Waals surface area (Å²) in [7, 11) is -3.48. The van der Waals surface area contributed by atoms with Crippen LogP contribution < -0.4 is 0 Å². The molecule has 0 aliphatic carbocycles. The summed E-state index contributed by atoms with van der Waals surface area (Å²) < 4.78 is 33.0. The summed E-state index contributed by atoms with van der Waals surface area (Å²) in [6, 6.07) is 15.2. The third-order valence-electron chi connectivity index (χ3n) is 5.74. The van der Waals surface area contributed by atoms with Gasteiger partial charge in [-0.3, -0.25) is 0 Å². The summed E-state index contributed by atoms with van der Waals surface area (Å²) in [6.45, 7) is 7.12. The third-order valence-corrected chi connectivity index (χ3v) is 7.66. The van der Waals surface area contributed by atoms with Crippen molar-refractivity contribution in [1.82, 2.24) is 14.4 Å². The summed E-state index contributed by atoms with van der Waals surface area (Å²) in [6.07, 6.45) is 1.35. The third kappa shape index (κ3) is 4.18. The molecule has 2 heterocycles. The smallest absolute Gasteiger partial charge is 0.257 e. The second-order valence-corrected chi connectivity index (χ2v) is 10.2. The van der Waals surface area contributed by atoms with E-state index in [1.54, 1.807) is 16.4 Å². The molecule has 0 spiro atoms. The second-order valence-electron chi connectivity index (χ2n) is 8.23. The van der Waals surface area contributed by atoms with Crippen LogP contribution in [-0.4, -0.2) is 36.0 Å². The first-order valence-corrected chi connectivity index (χ1v) is 11.8. The van der Waals surface area contributed by atoms with E-state index in [1.807, 2.05) is 43.3 Å². The first-order chi connectivity index (χ1) is 14.3. The maximum atomic E-state index is 13.0. The average molecular weight is 426 g/mol. The quantitative estimate of drug-likeness (QED) is 0.590. The highest BCUT2D eigenvalue weighted by Crippen LogP contribution is 2.31. The Morgan fingerprint density at radius 1 is 1.00 bits per heavy atom. The zero-order chi connectivity index (χ0) is 21.3. The molecule has 1 saturated heterocycles. The Hall–Kier alpha value is -2.51. The lowest BCUT2D eigenvalue weighted by molar-refractivity contribution is 0.307. The number of sulfonamides is 1. The highest BCUT2D eigenvalue weighted by atomic mass is 32.2. The minimum atomic E-state index is -3.48. The molecule has 0 amide bonds. The van der Waals surface area contributed by atoms with Gasteiger partial charge in [0, 0.05) is 24.6 Å². The average Bonchev–Trinajstić information content (AvgIpc) is 3.25. The fourth-order valence-electron chi connectivity index (χ4n) is 3.74. The Kier molecular flexibility index (Phi) is 5.75. The number of aromatic nitrogens is 2. The van der Waals surface area contributed by atoms with Gasteiger partial charge in [0.25, 0.3) is 5.89 Å². The van der Waals surface area contributed by atoms with Crippen molar-refractivity contribution in [2.75, 3.05) is 13.1 Å². The fraction of sp³-hybridized carbons (Fsp3) is 0.391. The lowest BCUT2D eigenvalue weighted by atomic mass is 9.97. The van der Waals surface area contributed by atoms with Gasteiger partial charge in [-0.1, -0.05) is 48.8 Å². The van der Waals surface area contributed by atoms with Gasteiger partial charge in [-0.25, -0.2) is 8.42 Å². The highest BCUT2D eigenvalue weighted by molar-refractivity contribution is 7.89. The number of piperidine rings is 1. The molecule has 1 fully saturated rings. The molecule has 1 aliphatic rings. The molecular formula is C23H27N3O3S. The van der Waals surface area contributed by atoms with Crippen molar-refractivity contribution in [2.45, 2.75) is 50.3 Å². The molecule has 0 saturated carbocycles. The first-order valence-electron chi connectivity index (χ1n) is 10.4. The fourth-order valence-corrected chi connectivity index (χ4v) is 5.21. The molecule has 0 N–H and O–H groups in total. The van der Waals surface area contributed by atoms with E-state index in [-0.39, 0.29) is 5.92 Å². The van der Waals surface area contributed by atoms with Gasteiger partial charge in [0.05, 0.1) is 4.90 Å². The normalized spacial score (nSPS) is 16.3. The summed E-state index contributed by atoms with van der Waals surface area (Å²) in [5, 5.41) is 4.16. The predicted molar refractivity (Wildman–Crippen MR) is 116 cm³/mol. The van der Waals surface area contributed by atoms with Gasteiger partial charge >= 0.3 is 0 Å². The van der Waals surface area contributed by atoms with E-state index >= 15 is 0 Å². The Labute approximate surface area is 178 Å². The van der Waals surface area contributed by atoms with Crippen LogP contribution in [0.15, 0.2) is 57.9 Å². The van der Waals surface area contributed by atoms with Crippen molar-refractivity contribution in [3.05, 3.63) is 65.5 Å². The first kappa shape index (κ1) is 20.8. The molecule has 30 heavy (non-hydrogen) atoms. The maximum absolute atomic E-state index is 13.0. The van der Waals surface area contributed by atoms with Crippen molar-refractivity contribution in [3.63, 3.8) is 0 Å². The molecule has 3 aromatic rings. The van der Waals surface area contributed by atoms with Crippen molar-refractivity contribution < 1.29 is 12.9 Å². The van der Waals surface area contributed by atoms with Crippen molar-refractivity contribution >= 4 is 10.0 Å². The van der Waals surface area contributed by atoms with E-state index in [0.29, 0.717) is 48.5 Å². The summed E-state index contributed by atoms with van der Waals surface area (Å²) in [5.41, 5.74) is 3.20. The molecular weight excluding hydrogens is 398 g/mol. The molecule has 6 nitrogen and oxygen atoms in total. The number of hydrogen-bond acceptors (Lipinski definition) is 5. The molecule has 0 unspecified atom stereocenters. The lowest BCUT2D eigenvalue weighted by Crippen LogP contribution is -2.38. The summed E-state index contributed by atoms with van der Waals surface area (Å²) >= 11 is 0. The van der Waals surface area contributed by atoms with Crippen molar-refractivity contribution in [3.8, 4) is 11.5 Å². The van der Waals surface area contributed by atoms with Crippen LogP contribution in [0.5, 0.6) is 0 Å². The van der Waals surface area contributed by atoms with E-state index < -0.39 is 10.0 Å². The molecule has 1 aromatic heterocycles. The van der Waals surface area contributed by atoms with E-state index in [0.717, 1.165) is 11.1 Å². The number of aryl methyl sites for hydroxylation is 1. The van der Waals surface area contributed by atoms with Crippen LogP contribution in [0.4, 0.5) is 0 Å². The molecule has 4 rings (SSSR count). The molecule has 1 aliphatic heterocycles. The van der Waals surface area contributed by atoms with E-state index in [9.17, 15) is 8.42 Å². The molecule has 2 aromatic carbocycles. The molecule has 0 radical (unpaired) electrons. The van der Waals surface area contributed by atoms with Crippen LogP contribution in [0.2, 0.25) is 0 Å². The van der Waals surface area contributed by atoms with Gasteiger partial charge in [-0.05, 0) is 55.5 Å². The van der Waals surface area contributed by atoms with Crippen molar-refractivity contribution in [2.24, 2.45) is 0 Å². The summed E-state index contributed by atoms with van der Waals surface area (Å²) in [4.78, 5) is 4.91. The Bertz CT molecular complexity index is 1100. The predicted octanol–water partition coefficient (Wildman–Crippen LogP) is 4.74. The summed E-state index contributed by atoms with van der Waals surface area (Å²) in [5.74, 6) is 1.63. The number of rotatable bonds is 5. The second kappa shape index (κ2) is 8.32. The number of benzene rings is 2. The van der Waals surface area contributed by atoms with Crippen LogP contribution in [-0.2, 0) is 10.0 Å². The van der Waals surface area contributed by atoms with Gasteiger partial charge < -0.3 is 4.52 Å². The Morgan fingerprint density at radius 3 is 2.23 bits per heavy atom. The molecule has 158 valence electrons. The lowest BCUT2D eigenvalue weighted by Gasteiger charge is -2.29. The van der Waals surface area contributed by atoms with E-state index in [1.165, 1.54) is 5.56 Å². The Balaban J connectivity index is 1.43. The minimum Gasteiger partial charge on any atom is -0.334 e. The maximum Gasteiger partial charge on any atom is 0.257 e. The number of hydrogen-bond donors (Lipinski definition) is 0. The molecule has 0 atom stereocenters. The van der Waals surface area contributed by atoms with E-state index in [4.69, 9.17) is 4.52 Å². The number of nitrogens with zero attached hydrogens (tertiary/aromatic N) is 3. The van der Waals surface area contributed by atoms with Crippen LogP contribution >= 0.6 is 0 Å². The Morgan fingerprint density at radius 2 is 1.63 bits per heavy atom. The SMILES string of the molecule is Cc1ccc(-c2nc(C3CCN(S(=O)(=O)c4ccc(C(C)C)cc4)CC3)no2)cc1. The van der Waals surface area contributed by atoms with Crippen LogP contribution in [0, 0.1) is 6.92 Å². The van der Waals surface area contributed by atoms with Gasteiger partial charge in [-0.15, -0.1) is 0 Å². The van der Waals surface area contributed by atoms with E-state index in [2.05, 4.69) is 24.0 Å². The van der Waals surface area contributed by atoms with Gasteiger partial charge in [0.2, 0.25) is 10.0 Å². The molecule has 7 heteroatoms. The van der Waals surface area contributed by atoms with Crippen LogP contribution in [0.3, 0.4) is 0 Å². The van der Waals surface area contributed by atoms with Gasteiger partial charge in [-0.2, -0.15) is 9.29 Å². The zero-order valence-electron chi connectivity index (χ0n) is 17.6. The van der Waals surface area contributed by atoms with Crippen LogP contribution in [0.1, 0.15) is 55.5 Å². The topological polar surface area (TPSA) is 76.3 Å². The van der Waals surface area contributed by atoms with Crippen LogP contribution in [0.25, 0.3) is 11.5 Å². The zero-order valence-corrected chi connectivity index (χ0v) is 18.4. The molecule has 0 bridgehead atoms.